The Labute approximate surface area is 107 Å². The second-order valence-electron chi connectivity index (χ2n) is 4.04. The fourth-order valence-corrected chi connectivity index (χ4v) is 3.16. The molecule has 1 amide bonds. The standard InChI is InChI=1S/C11H23NO2S2/c1-4-10(13)11(14)12-6-8-16-15-7-5-9(2)3/h9-10,13H,4-8H2,1-3H3,(H,12,14)/t10-/m1/s1. The lowest BCUT2D eigenvalue weighted by atomic mass is 10.2. The van der Waals surface area contributed by atoms with Crippen molar-refractivity contribution < 1.29 is 9.90 Å². The molecule has 0 rings (SSSR count). The van der Waals surface area contributed by atoms with E-state index in [1.165, 1.54) is 6.42 Å². The Morgan fingerprint density at radius 3 is 2.50 bits per heavy atom. The van der Waals surface area contributed by atoms with E-state index in [1.807, 2.05) is 10.8 Å². The Balaban J connectivity index is 3.24. The van der Waals surface area contributed by atoms with Crippen molar-refractivity contribution >= 4 is 27.5 Å². The second kappa shape index (κ2) is 10.3. The monoisotopic (exact) mass is 265 g/mol. The SMILES string of the molecule is CC[C@@H](O)C(=O)NCCSSCCC(C)C. The molecule has 0 saturated carbocycles. The molecule has 0 fully saturated rings. The van der Waals surface area contributed by atoms with E-state index in [0.717, 1.165) is 17.4 Å². The molecule has 0 heterocycles. The fourth-order valence-electron chi connectivity index (χ4n) is 0.921. The Bertz CT molecular complexity index is 189. The molecular weight excluding hydrogens is 242 g/mol. The molecular formula is C11H23NO2S2. The lowest BCUT2D eigenvalue weighted by Crippen LogP contribution is -2.35. The molecule has 0 saturated heterocycles. The molecule has 2 N–H and O–H groups in total. The molecule has 96 valence electrons. The fraction of sp³-hybridized carbons (Fsp3) is 0.909. The van der Waals surface area contributed by atoms with Crippen LogP contribution < -0.4 is 5.32 Å². The Kier molecular flexibility index (Phi) is 10.4. The Hall–Kier alpha value is 0.130. The van der Waals surface area contributed by atoms with Gasteiger partial charge in [-0.25, -0.2) is 0 Å². The van der Waals surface area contributed by atoms with E-state index in [-0.39, 0.29) is 5.91 Å². The van der Waals surface area contributed by atoms with Gasteiger partial charge in [-0.1, -0.05) is 42.4 Å². The van der Waals surface area contributed by atoms with E-state index in [9.17, 15) is 9.90 Å². The van der Waals surface area contributed by atoms with Crippen molar-refractivity contribution in [3.63, 3.8) is 0 Å². The molecule has 0 aromatic heterocycles. The largest absolute Gasteiger partial charge is 0.383 e. The van der Waals surface area contributed by atoms with Crippen molar-refractivity contribution in [1.82, 2.24) is 5.32 Å². The van der Waals surface area contributed by atoms with E-state index in [0.29, 0.717) is 13.0 Å². The molecule has 1 atom stereocenters. The van der Waals surface area contributed by atoms with E-state index >= 15 is 0 Å². The first-order chi connectivity index (χ1) is 7.57. The van der Waals surface area contributed by atoms with Crippen molar-refractivity contribution in [2.75, 3.05) is 18.1 Å². The van der Waals surface area contributed by atoms with Gasteiger partial charge in [0.05, 0.1) is 0 Å². The van der Waals surface area contributed by atoms with Crippen LogP contribution in [0.25, 0.3) is 0 Å². The van der Waals surface area contributed by atoms with Gasteiger partial charge in [-0.15, -0.1) is 0 Å². The van der Waals surface area contributed by atoms with Gasteiger partial charge in [-0.3, -0.25) is 4.79 Å². The van der Waals surface area contributed by atoms with Crippen LogP contribution in [0.1, 0.15) is 33.6 Å². The summed E-state index contributed by atoms with van der Waals surface area (Å²) in [5, 5.41) is 11.9. The van der Waals surface area contributed by atoms with Gasteiger partial charge in [-0.2, -0.15) is 0 Å². The molecule has 3 nitrogen and oxygen atoms in total. The minimum atomic E-state index is -0.849. The summed E-state index contributed by atoms with van der Waals surface area (Å²) in [5.41, 5.74) is 0. The molecule has 5 heteroatoms. The molecule has 0 aromatic carbocycles. The minimum absolute atomic E-state index is 0.254. The first kappa shape index (κ1) is 16.1. The molecule has 0 spiro atoms. The van der Waals surface area contributed by atoms with Crippen LogP contribution in [0.15, 0.2) is 0 Å². The Morgan fingerprint density at radius 1 is 1.31 bits per heavy atom. The zero-order valence-electron chi connectivity index (χ0n) is 10.4. The average molecular weight is 265 g/mol. The lowest BCUT2D eigenvalue weighted by Gasteiger charge is -2.08. The number of aliphatic hydroxyl groups is 1. The van der Waals surface area contributed by atoms with Crippen LogP contribution in [0.4, 0.5) is 0 Å². The number of carbonyl (C=O) groups is 1. The number of aliphatic hydroxyl groups excluding tert-OH is 1. The van der Waals surface area contributed by atoms with Gasteiger partial charge < -0.3 is 10.4 Å². The number of nitrogens with one attached hydrogen (secondary N) is 1. The summed E-state index contributed by atoms with van der Waals surface area (Å²) >= 11 is 0. The summed E-state index contributed by atoms with van der Waals surface area (Å²) in [6.07, 6.45) is 0.860. The summed E-state index contributed by atoms with van der Waals surface area (Å²) in [6.45, 7) is 6.87. The van der Waals surface area contributed by atoms with Crippen LogP contribution in [-0.4, -0.2) is 35.2 Å². The van der Waals surface area contributed by atoms with Crippen molar-refractivity contribution in [2.24, 2.45) is 5.92 Å². The molecule has 0 unspecified atom stereocenters. The molecule has 0 aliphatic heterocycles. The van der Waals surface area contributed by atoms with Gasteiger partial charge in [0, 0.05) is 18.1 Å². The van der Waals surface area contributed by atoms with Crippen molar-refractivity contribution in [3.8, 4) is 0 Å². The zero-order valence-corrected chi connectivity index (χ0v) is 12.0. The predicted octanol–water partition coefficient (Wildman–Crippen LogP) is 2.30. The van der Waals surface area contributed by atoms with Gasteiger partial charge in [0.1, 0.15) is 6.10 Å². The van der Waals surface area contributed by atoms with Gasteiger partial charge >= 0.3 is 0 Å². The van der Waals surface area contributed by atoms with Crippen LogP contribution in [0.2, 0.25) is 0 Å². The third-order valence-electron chi connectivity index (χ3n) is 2.04. The first-order valence-corrected chi connectivity index (χ1v) is 8.26. The van der Waals surface area contributed by atoms with Gasteiger partial charge in [0.25, 0.3) is 0 Å². The van der Waals surface area contributed by atoms with Gasteiger partial charge in [0.15, 0.2) is 0 Å². The number of hydrogen-bond acceptors (Lipinski definition) is 4. The quantitative estimate of drug-likeness (QED) is 0.496. The van der Waals surface area contributed by atoms with Crippen LogP contribution in [0, 0.1) is 5.92 Å². The minimum Gasteiger partial charge on any atom is -0.383 e. The van der Waals surface area contributed by atoms with Crippen LogP contribution >= 0.6 is 21.6 Å². The lowest BCUT2D eigenvalue weighted by molar-refractivity contribution is -0.129. The third-order valence-corrected chi connectivity index (χ3v) is 4.48. The predicted molar refractivity (Wildman–Crippen MR) is 73.7 cm³/mol. The van der Waals surface area contributed by atoms with E-state index in [1.54, 1.807) is 17.7 Å². The van der Waals surface area contributed by atoms with Crippen molar-refractivity contribution in [3.05, 3.63) is 0 Å². The number of hydrogen-bond donors (Lipinski definition) is 2. The molecule has 0 bridgehead atoms. The summed E-state index contributed by atoms with van der Waals surface area (Å²) in [4.78, 5) is 11.2. The maximum Gasteiger partial charge on any atom is 0.248 e. The summed E-state index contributed by atoms with van der Waals surface area (Å²) in [7, 11) is 3.63. The second-order valence-corrected chi connectivity index (χ2v) is 6.74. The summed E-state index contributed by atoms with van der Waals surface area (Å²) in [5.74, 6) is 2.56. The number of rotatable bonds is 9. The van der Waals surface area contributed by atoms with Crippen LogP contribution in [-0.2, 0) is 4.79 Å². The highest BCUT2D eigenvalue weighted by Crippen LogP contribution is 2.22. The van der Waals surface area contributed by atoms with Crippen molar-refractivity contribution in [1.29, 1.82) is 0 Å². The molecule has 0 aliphatic carbocycles. The van der Waals surface area contributed by atoms with E-state index in [2.05, 4.69) is 19.2 Å². The third kappa shape index (κ3) is 9.36. The maximum absolute atomic E-state index is 11.2. The topological polar surface area (TPSA) is 49.3 Å². The molecule has 0 aromatic rings. The smallest absolute Gasteiger partial charge is 0.248 e. The highest BCUT2D eigenvalue weighted by molar-refractivity contribution is 8.76. The maximum atomic E-state index is 11.2. The number of amides is 1. The highest BCUT2D eigenvalue weighted by Gasteiger charge is 2.10. The van der Waals surface area contributed by atoms with Crippen LogP contribution in [0.5, 0.6) is 0 Å². The summed E-state index contributed by atoms with van der Waals surface area (Å²) in [6, 6.07) is 0. The zero-order chi connectivity index (χ0) is 12.4. The molecule has 16 heavy (non-hydrogen) atoms. The average Bonchev–Trinajstić information content (AvgIpc) is 2.25. The van der Waals surface area contributed by atoms with Gasteiger partial charge in [0.2, 0.25) is 5.91 Å². The highest BCUT2D eigenvalue weighted by atomic mass is 33.1. The first-order valence-electron chi connectivity index (χ1n) is 5.78. The van der Waals surface area contributed by atoms with Crippen LogP contribution in [0.3, 0.4) is 0 Å². The van der Waals surface area contributed by atoms with E-state index in [4.69, 9.17) is 0 Å². The number of carbonyl (C=O) groups excluding carboxylic acids is 1. The summed E-state index contributed by atoms with van der Waals surface area (Å²) < 4.78 is 0. The Morgan fingerprint density at radius 2 is 1.94 bits per heavy atom. The molecule has 0 aliphatic rings. The normalized spacial score (nSPS) is 12.8. The van der Waals surface area contributed by atoms with E-state index < -0.39 is 6.10 Å². The molecule has 0 radical (unpaired) electrons. The van der Waals surface area contributed by atoms with Gasteiger partial charge in [-0.05, 0) is 18.8 Å². The van der Waals surface area contributed by atoms with Crippen molar-refractivity contribution in [2.45, 2.75) is 39.7 Å².